The third-order valence-electron chi connectivity index (χ3n) is 4.41. The molecular weight excluding hydrogens is 250 g/mol. The Morgan fingerprint density at radius 1 is 1.50 bits per heavy atom. The van der Waals surface area contributed by atoms with E-state index in [1.807, 2.05) is 37.1 Å². The molecule has 0 aliphatic carbocycles. The molecule has 2 heterocycles. The second-order valence-corrected chi connectivity index (χ2v) is 6.17. The number of nitrogens with one attached hydrogen (secondary N) is 1. The van der Waals surface area contributed by atoms with Gasteiger partial charge in [-0.25, -0.2) is 0 Å². The molecule has 1 aromatic rings. The van der Waals surface area contributed by atoms with E-state index in [0.29, 0.717) is 12.5 Å². The van der Waals surface area contributed by atoms with Crippen LogP contribution in [0.25, 0.3) is 0 Å². The summed E-state index contributed by atoms with van der Waals surface area (Å²) in [7, 11) is 1.88. The lowest BCUT2D eigenvalue weighted by atomic mass is 9.75. The summed E-state index contributed by atoms with van der Waals surface area (Å²) in [5.41, 5.74) is 1.69. The minimum absolute atomic E-state index is 0.237. The van der Waals surface area contributed by atoms with Crippen LogP contribution in [0.15, 0.2) is 18.2 Å². The van der Waals surface area contributed by atoms with Crippen molar-refractivity contribution in [3.8, 4) is 0 Å². The summed E-state index contributed by atoms with van der Waals surface area (Å²) >= 11 is 0. The van der Waals surface area contributed by atoms with E-state index in [9.17, 15) is 4.79 Å². The Morgan fingerprint density at radius 3 is 2.80 bits per heavy atom. The van der Waals surface area contributed by atoms with Gasteiger partial charge in [-0.1, -0.05) is 19.9 Å². The molecule has 1 aromatic heterocycles. The Labute approximate surface area is 121 Å². The number of aromatic nitrogens is 1. The number of pyridine rings is 1. The highest BCUT2D eigenvalue weighted by atomic mass is 16.2. The van der Waals surface area contributed by atoms with Gasteiger partial charge in [0.15, 0.2) is 0 Å². The monoisotopic (exact) mass is 275 g/mol. The van der Waals surface area contributed by atoms with Crippen molar-refractivity contribution in [2.75, 3.05) is 20.1 Å². The molecule has 1 aliphatic heterocycles. The summed E-state index contributed by atoms with van der Waals surface area (Å²) < 4.78 is 0. The van der Waals surface area contributed by atoms with Crippen molar-refractivity contribution in [1.29, 1.82) is 0 Å². The van der Waals surface area contributed by atoms with Crippen LogP contribution in [-0.4, -0.2) is 35.9 Å². The van der Waals surface area contributed by atoms with Crippen LogP contribution in [0.4, 0.5) is 0 Å². The summed E-state index contributed by atoms with van der Waals surface area (Å²) in [4.78, 5) is 19.2. The van der Waals surface area contributed by atoms with Gasteiger partial charge >= 0.3 is 0 Å². The van der Waals surface area contributed by atoms with Gasteiger partial charge in [-0.2, -0.15) is 0 Å². The van der Waals surface area contributed by atoms with Crippen LogP contribution in [0.2, 0.25) is 0 Å². The van der Waals surface area contributed by atoms with Crippen molar-refractivity contribution >= 4 is 5.91 Å². The molecule has 4 heteroatoms. The summed E-state index contributed by atoms with van der Waals surface area (Å²) in [6.45, 7) is 8.56. The molecule has 20 heavy (non-hydrogen) atoms. The third-order valence-corrected chi connectivity index (χ3v) is 4.41. The summed E-state index contributed by atoms with van der Waals surface area (Å²) in [5.74, 6) is 0.582. The molecule has 4 nitrogen and oxygen atoms in total. The van der Waals surface area contributed by atoms with Crippen molar-refractivity contribution in [3.05, 3.63) is 29.6 Å². The number of carbonyl (C=O) groups excluding carboxylic acids is 1. The van der Waals surface area contributed by atoms with E-state index < -0.39 is 0 Å². The highest BCUT2D eigenvalue weighted by Crippen LogP contribution is 2.36. The average molecular weight is 275 g/mol. The smallest absolute Gasteiger partial charge is 0.230 e. The summed E-state index contributed by atoms with van der Waals surface area (Å²) in [6.07, 6.45) is 0.926. The predicted octanol–water partition coefficient (Wildman–Crippen LogP) is 1.98. The van der Waals surface area contributed by atoms with E-state index in [1.165, 1.54) is 0 Å². The fraction of sp³-hybridized carbons (Fsp3) is 0.625. The minimum atomic E-state index is -0.251. The van der Waals surface area contributed by atoms with E-state index in [4.69, 9.17) is 0 Å². The molecule has 0 saturated carbocycles. The zero-order valence-corrected chi connectivity index (χ0v) is 12.9. The number of rotatable bonds is 4. The third kappa shape index (κ3) is 2.85. The highest BCUT2D eigenvalue weighted by Gasteiger charge is 2.45. The Balaban J connectivity index is 2.12. The molecule has 1 N–H and O–H groups in total. The van der Waals surface area contributed by atoms with Crippen LogP contribution in [-0.2, 0) is 11.3 Å². The van der Waals surface area contributed by atoms with Gasteiger partial charge < -0.3 is 10.2 Å². The van der Waals surface area contributed by atoms with Gasteiger partial charge in [0.05, 0.1) is 17.7 Å². The maximum absolute atomic E-state index is 12.9. The van der Waals surface area contributed by atoms with Crippen LogP contribution in [0.1, 0.15) is 31.7 Å². The molecule has 1 atom stereocenters. The zero-order valence-electron chi connectivity index (χ0n) is 12.9. The largest absolute Gasteiger partial charge is 0.339 e. The maximum atomic E-state index is 12.9. The molecule has 2 rings (SSSR count). The van der Waals surface area contributed by atoms with Crippen LogP contribution in [0, 0.1) is 18.3 Å². The molecule has 110 valence electrons. The first-order valence-electron chi connectivity index (χ1n) is 7.34. The summed E-state index contributed by atoms with van der Waals surface area (Å²) in [6, 6.07) is 5.94. The van der Waals surface area contributed by atoms with Crippen molar-refractivity contribution < 1.29 is 4.79 Å². The summed E-state index contributed by atoms with van der Waals surface area (Å²) in [5, 5.41) is 3.34. The van der Waals surface area contributed by atoms with Crippen LogP contribution >= 0.6 is 0 Å². The average Bonchev–Trinajstić information content (AvgIpc) is 2.88. The van der Waals surface area contributed by atoms with Gasteiger partial charge in [0.1, 0.15) is 0 Å². The molecule has 1 aliphatic rings. The van der Waals surface area contributed by atoms with E-state index in [0.717, 1.165) is 30.9 Å². The first kappa shape index (κ1) is 15.0. The quantitative estimate of drug-likeness (QED) is 0.914. The topological polar surface area (TPSA) is 45.2 Å². The van der Waals surface area contributed by atoms with Gasteiger partial charge in [-0.3, -0.25) is 9.78 Å². The number of nitrogens with zero attached hydrogens (tertiary/aromatic N) is 2. The molecule has 0 bridgehead atoms. The number of carbonyl (C=O) groups is 1. The van der Waals surface area contributed by atoms with E-state index in [1.54, 1.807) is 0 Å². The second-order valence-electron chi connectivity index (χ2n) is 6.17. The predicted molar refractivity (Wildman–Crippen MR) is 80.2 cm³/mol. The molecular formula is C16H25N3O. The van der Waals surface area contributed by atoms with E-state index in [2.05, 4.69) is 24.1 Å². The van der Waals surface area contributed by atoms with Crippen molar-refractivity contribution in [1.82, 2.24) is 15.2 Å². The van der Waals surface area contributed by atoms with Crippen molar-refractivity contribution in [2.45, 2.75) is 33.7 Å². The Kier molecular flexibility index (Phi) is 4.43. The Bertz CT molecular complexity index is 478. The number of aryl methyl sites for hydroxylation is 1. The molecule has 0 aromatic carbocycles. The highest BCUT2D eigenvalue weighted by molar-refractivity contribution is 5.83. The Morgan fingerprint density at radius 2 is 2.25 bits per heavy atom. The van der Waals surface area contributed by atoms with Crippen LogP contribution in [0.5, 0.6) is 0 Å². The zero-order chi connectivity index (χ0) is 14.8. The molecule has 1 unspecified atom stereocenters. The fourth-order valence-electron chi connectivity index (χ4n) is 3.02. The Hall–Kier alpha value is -1.42. The lowest BCUT2D eigenvalue weighted by molar-refractivity contribution is -0.143. The second kappa shape index (κ2) is 5.92. The first-order valence-corrected chi connectivity index (χ1v) is 7.34. The molecule has 1 fully saturated rings. The van der Waals surface area contributed by atoms with Gasteiger partial charge in [0.25, 0.3) is 0 Å². The van der Waals surface area contributed by atoms with Gasteiger partial charge in [0.2, 0.25) is 5.91 Å². The first-order chi connectivity index (χ1) is 9.45. The lowest BCUT2D eigenvalue weighted by Gasteiger charge is -2.35. The van der Waals surface area contributed by atoms with Crippen molar-refractivity contribution in [2.24, 2.45) is 11.3 Å². The molecule has 1 amide bonds. The van der Waals surface area contributed by atoms with Crippen molar-refractivity contribution in [3.63, 3.8) is 0 Å². The van der Waals surface area contributed by atoms with Crippen LogP contribution < -0.4 is 5.32 Å². The van der Waals surface area contributed by atoms with Crippen LogP contribution in [0.3, 0.4) is 0 Å². The normalized spacial score (nSPS) is 22.2. The van der Waals surface area contributed by atoms with Gasteiger partial charge in [-0.15, -0.1) is 0 Å². The molecule has 1 saturated heterocycles. The minimum Gasteiger partial charge on any atom is -0.339 e. The molecule has 0 spiro atoms. The van der Waals surface area contributed by atoms with Gasteiger partial charge in [-0.05, 0) is 37.9 Å². The maximum Gasteiger partial charge on any atom is 0.230 e. The standard InChI is InChI=1S/C16H25N3O/c1-12(2)16(8-9-17-11-16)15(20)19(4)10-14-7-5-6-13(3)18-14/h5-7,12,17H,8-11H2,1-4H3. The van der Waals surface area contributed by atoms with Gasteiger partial charge in [0, 0.05) is 19.3 Å². The molecule has 0 radical (unpaired) electrons. The van der Waals surface area contributed by atoms with E-state index in [-0.39, 0.29) is 11.3 Å². The number of amides is 1. The van der Waals surface area contributed by atoms with E-state index >= 15 is 0 Å². The number of hydrogen-bond acceptors (Lipinski definition) is 3. The lowest BCUT2D eigenvalue weighted by Crippen LogP contribution is -2.46. The number of hydrogen-bond donors (Lipinski definition) is 1. The SMILES string of the molecule is Cc1cccc(CN(C)C(=O)C2(C(C)C)CCNC2)n1. The fourth-order valence-corrected chi connectivity index (χ4v) is 3.02.